The predicted molar refractivity (Wildman–Crippen MR) is 102 cm³/mol. The lowest BCUT2D eigenvalue weighted by Gasteiger charge is -2.20. The number of pyridine rings is 1. The van der Waals surface area contributed by atoms with E-state index in [0.717, 1.165) is 30.7 Å². The monoisotopic (exact) mass is 343 g/mol. The Labute approximate surface area is 151 Å². The highest BCUT2D eigenvalue weighted by Gasteiger charge is 2.29. The quantitative estimate of drug-likeness (QED) is 0.532. The van der Waals surface area contributed by atoms with Crippen molar-refractivity contribution in [2.45, 2.75) is 31.8 Å². The fourth-order valence-corrected chi connectivity index (χ4v) is 4.72. The van der Waals surface area contributed by atoms with Crippen molar-refractivity contribution in [1.29, 1.82) is 0 Å². The van der Waals surface area contributed by atoms with Crippen LogP contribution >= 0.6 is 0 Å². The van der Waals surface area contributed by atoms with Crippen molar-refractivity contribution >= 4 is 16.7 Å². The first kappa shape index (κ1) is 14.5. The molecule has 130 valence electrons. The van der Waals surface area contributed by atoms with E-state index in [4.69, 9.17) is 4.98 Å². The standard InChI is InChI=1S/C21H21N5/c1-2-17-13-21-23-18-12-15(16-4-6-20-22-7-9-25(20)14-16)3-5-19(18)26(21)11-10-24(17)8-1/h3-7,9,12,14,17H,1-2,8,10-11,13H2/t17-/m1/s1. The van der Waals surface area contributed by atoms with E-state index in [1.54, 1.807) is 0 Å². The Balaban J connectivity index is 1.44. The fourth-order valence-electron chi connectivity index (χ4n) is 4.72. The minimum Gasteiger partial charge on any atom is -0.327 e. The normalized spacial score (nSPS) is 20.4. The van der Waals surface area contributed by atoms with E-state index in [-0.39, 0.29) is 0 Å². The molecule has 0 amide bonds. The van der Waals surface area contributed by atoms with Gasteiger partial charge in [-0.2, -0.15) is 0 Å². The van der Waals surface area contributed by atoms with E-state index < -0.39 is 0 Å². The van der Waals surface area contributed by atoms with E-state index in [1.807, 2.05) is 12.4 Å². The second-order valence-electron chi connectivity index (χ2n) is 7.53. The zero-order chi connectivity index (χ0) is 17.1. The summed E-state index contributed by atoms with van der Waals surface area (Å²) >= 11 is 0. The zero-order valence-corrected chi connectivity index (χ0v) is 14.7. The summed E-state index contributed by atoms with van der Waals surface area (Å²) in [7, 11) is 0. The Morgan fingerprint density at radius 2 is 1.96 bits per heavy atom. The molecule has 0 saturated carbocycles. The van der Waals surface area contributed by atoms with Gasteiger partial charge in [0.15, 0.2) is 0 Å². The Kier molecular flexibility index (Phi) is 3.02. The summed E-state index contributed by atoms with van der Waals surface area (Å²) in [6.45, 7) is 3.47. The first-order valence-electron chi connectivity index (χ1n) is 9.51. The Bertz CT molecular complexity index is 1120. The van der Waals surface area contributed by atoms with Gasteiger partial charge >= 0.3 is 0 Å². The molecular formula is C21H21N5. The molecule has 4 aromatic rings. The summed E-state index contributed by atoms with van der Waals surface area (Å²) in [5.41, 5.74) is 5.78. The maximum absolute atomic E-state index is 5.03. The number of benzene rings is 1. The van der Waals surface area contributed by atoms with Gasteiger partial charge in [-0.1, -0.05) is 6.07 Å². The van der Waals surface area contributed by atoms with Gasteiger partial charge in [-0.3, -0.25) is 4.90 Å². The number of aromatic nitrogens is 4. The zero-order valence-electron chi connectivity index (χ0n) is 14.7. The summed E-state index contributed by atoms with van der Waals surface area (Å²) in [5, 5.41) is 0. The molecule has 0 bridgehead atoms. The first-order chi connectivity index (χ1) is 12.8. The number of fused-ring (bicyclic) bond motifs is 5. The van der Waals surface area contributed by atoms with E-state index >= 15 is 0 Å². The number of hydrogen-bond donors (Lipinski definition) is 0. The third-order valence-corrected chi connectivity index (χ3v) is 6.08. The number of nitrogens with zero attached hydrogens (tertiary/aromatic N) is 5. The smallest absolute Gasteiger partial charge is 0.136 e. The van der Waals surface area contributed by atoms with Crippen LogP contribution in [0.1, 0.15) is 18.7 Å². The Morgan fingerprint density at radius 3 is 2.96 bits per heavy atom. The van der Waals surface area contributed by atoms with Gasteiger partial charge in [0.25, 0.3) is 0 Å². The van der Waals surface area contributed by atoms with Crippen LogP contribution in [-0.2, 0) is 13.0 Å². The van der Waals surface area contributed by atoms with Gasteiger partial charge < -0.3 is 8.97 Å². The molecule has 5 heterocycles. The third kappa shape index (κ3) is 2.13. The summed E-state index contributed by atoms with van der Waals surface area (Å²) in [6, 6.07) is 11.6. The van der Waals surface area contributed by atoms with Gasteiger partial charge in [0.05, 0.1) is 11.0 Å². The lowest BCUT2D eigenvalue weighted by Crippen LogP contribution is -2.30. The molecule has 2 aliphatic heterocycles. The lowest BCUT2D eigenvalue weighted by molar-refractivity contribution is 0.258. The molecule has 1 atom stereocenters. The maximum atomic E-state index is 5.03. The molecule has 26 heavy (non-hydrogen) atoms. The molecule has 1 saturated heterocycles. The molecule has 3 aromatic heterocycles. The molecule has 0 spiro atoms. The molecule has 0 N–H and O–H groups in total. The van der Waals surface area contributed by atoms with Crippen molar-refractivity contribution in [3.8, 4) is 11.1 Å². The summed E-state index contributed by atoms with van der Waals surface area (Å²) < 4.78 is 4.51. The maximum Gasteiger partial charge on any atom is 0.136 e. The Morgan fingerprint density at radius 1 is 1.00 bits per heavy atom. The van der Waals surface area contributed by atoms with Gasteiger partial charge in [-0.25, -0.2) is 9.97 Å². The molecule has 1 aromatic carbocycles. The minimum absolute atomic E-state index is 0.691. The van der Waals surface area contributed by atoms with Crippen LogP contribution in [0.25, 0.3) is 27.8 Å². The highest BCUT2D eigenvalue weighted by Crippen LogP contribution is 2.29. The van der Waals surface area contributed by atoms with Gasteiger partial charge in [0.1, 0.15) is 11.5 Å². The van der Waals surface area contributed by atoms with Crippen molar-refractivity contribution in [3.05, 3.63) is 54.7 Å². The topological polar surface area (TPSA) is 38.4 Å². The molecule has 5 nitrogen and oxygen atoms in total. The average molecular weight is 343 g/mol. The lowest BCUT2D eigenvalue weighted by atomic mass is 10.1. The van der Waals surface area contributed by atoms with E-state index in [2.05, 4.69) is 55.4 Å². The highest BCUT2D eigenvalue weighted by atomic mass is 15.2. The van der Waals surface area contributed by atoms with Crippen LogP contribution in [0, 0.1) is 0 Å². The molecule has 0 unspecified atom stereocenters. The molecule has 0 radical (unpaired) electrons. The van der Waals surface area contributed by atoms with Crippen LogP contribution in [-0.4, -0.2) is 43.0 Å². The third-order valence-electron chi connectivity index (χ3n) is 6.08. The SMILES string of the molecule is c1cn2cc(-c3ccc4c(c3)nc3n4CCN4CCC[C@@H]4C3)ccc2n1. The van der Waals surface area contributed by atoms with E-state index in [1.165, 1.54) is 41.9 Å². The van der Waals surface area contributed by atoms with Crippen LogP contribution in [0.2, 0.25) is 0 Å². The Hall–Kier alpha value is -2.66. The molecule has 5 heteroatoms. The van der Waals surface area contributed by atoms with Crippen molar-refractivity contribution in [2.75, 3.05) is 13.1 Å². The van der Waals surface area contributed by atoms with Gasteiger partial charge in [0, 0.05) is 44.1 Å². The first-order valence-corrected chi connectivity index (χ1v) is 9.51. The van der Waals surface area contributed by atoms with Crippen LogP contribution < -0.4 is 0 Å². The summed E-state index contributed by atoms with van der Waals surface area (Å²) in [4.78, 5) is 12.0. The van der Waals surface area contributed by atoms with Crippen LogP contribution in [0.3, 0.4) is 0 Å². The molecule has 2 aliphatic rings. The number of imidazole rings is 2. The van der Waals surface area contributed by atoms with Crippen molar-refractivity contribution in [2.24, 2.45) is 0 Å². The highest BCUT2D eigenvalue weighted by molar-refractivity contribution is 5.82. The van der Waals surface area contributed by atoms with E-state index in [9.17, 15) is 0 Å². The summed E-state index contributed by atoms with van der Waals surface area (Å²) in [6.07, 6.45) is 9.71. The number of hydrogen-bond acceptors (Lipinski definition) is 3. The average Bonchev–Trinajstić information content (AvgIpc) is 3.36. The number of rotatable bonds is 1. The largest absolute Gasteiger partial charge is 0.327 e. The van der Waals surface area contributed by atoms with E-state index in [0.29, 0.717) is 6.04 Å². The van der Waals surface area contributed by atoms with Crippen LogP contribution in [0.5, 0.6) is 0 Å². The van der Waals surface area contributed by atoms with Gasteiger partial charge in [-0.15, -0.1) is 0 Å². The second-order valence-corrected chi connectivity index (χ2v) is 7.53. The van der Waals surface area contributed by atoms with Crippen molar-refractivity contribution in [3.63, 3.8) is 0 Å². The van der Waals surface area contributed by atoms with Crippen LogP contribution in [0.4, 0.5) is 0 Å². The minimum atomic E-state index is 0.691. The second kappa shape index (κ2) is 5.42. The summed E-state index contributed by atoms with van der Waals surface area (Å²) in [5.74, 6) is 1.26. The van der Waals surface area contributed by atoms with Crippen LogP contribution in [0.15, 0.2) is 48.9 Å². The van der Waals surface area contributed by atoms with Crippen molar-refractivity contribution in [1.82, 2.24) is 23.8 Å². The molecule has 6 rings (SSSR count). The predicted octanol–water partition coefficient (Wildman–Crippen LogP) is 3.37. The molecule has 0 aliphatic carbocycles. The van der Waals surface area contributed by atoms with Crippen molar-refractivity contribution < 1.29 is 0 Å². The van der Waals surface area contributed by atoms with Gasteiger partial charge in [-0.05, 0) is 54.8 Å². The van der Waals surface area contributed by atoms with Gasteiger partial charge in [0.2, 0.25) is 0 Å². The molecule has 1 fully saturated rings. The fraction of sp³-hybridized carbons (Fsp3) is 0.333. The molecular weight excluding hydrogens is 322 g/mol.